The summed E-state index contributed by atoms with van der Waals surface area (Å²) in [4.78, 5) is 23.5. The van der Waals surface area contributed by atoms with Crippen LogP contribution in [-0.2, 0) is 22.4 Å². The first-order valence-corrected chi connectivity index (χ1v) is 12.6. The van der Waals surface area contributed by atoms with Crippen molar-refractivity contribution < 1.29 is 14.6 Å². The van der Waals surface area contributed by atoms with Crippen molar-refractivity contribution in [1.82, 2.24) is 9.88 Å². The van der Waals surface area contributed by atoms with Gasteiger partial charge in [-0.1, -0.05) is 36.8 Å². The van der Waals surface area contributed by atoms with Gasteiger partial charge < -0.3 is 15.2 Å². The topological polar surface area (TPSA) is 87.0 Å². The molecule has 7 nitrogen and oxygen atoms in total. The number of benzene rings is 1. The summed E-state index contributed by atoms with van der Waals surface area (Å²) < 4.78 is 6.02. The van der Waals surface area contributed by atoms with Crippen LogP contribution in [0.1, 0.15) is 55.0 Å². The zero-order valence-corrected chi connectivity index (χ0v) is 19.7. The van der Waals surface area contributed by atoms with E-state index in [-0.39, 0.29) is 6.10 Å². The van der Waals surface area contributed by atoms with Crippen LogP contribution in [-0.4, -0.2) is 59.8 Å². The molecule has 34 heavy (non-hydrogen) atoms. The lowest BCUT2D eigenvalue weighted by Gasteiger charge is -2.42. The third-order valence-electron chi connectivity index (χ3n) is 7.01. The van der Waals surface area contributed by atoms with Crippen LogP contribution in [0.3, 0.4) is 0 Å². The van der Waals surface area contributed by atoms with E-state index in [1.807, 2.05) is 23.1 Å². The second-order valence-electron chi connectivity index (χ2n) is 9.50. The van der Waals surface area contributed by atoms with Crippen LogP contribution in [0.2, 0.25) is 0 Å². The zero-order valence-electron chi connectivity index (χ0n) is 19.7. The summed E-state index contributed by atoms with van der Waals surface area (Å²) in [7, 11) is 0. The summed E-state index contributed by atoms with van der Waals surface area (Å²) in [6, 6.07) is 9.58. The highest BCUT2D eigenvalue weighted by Crippen LogP contribution is 2.26. The predicted molar refractivity (Wildman–Crippen MR) is 131 cm³/mol. The van der Waals surface area contributed by atoms with Gasteiger partial charge in [0, 0.05) is 44.0 Å². The first kappa shape index (κ1) is 23.0. The fourth-order valence-corrected chi connectivity index (χ4v) is 5.16. The van der Waals surface area contributed by atoms with Gasteiger partial charge in [0.1, 0.15) is 11.9 Å². The van der Waals surface area contributed by atoms with Gasteiger partial charge >= 0.3 is 5.97 Å². The number of pyridine rings is 1. The van der Waals surface area contributed by atoms with Crippen LogP contribution in [0.25, 0.3) is 6.08 Å². The van der Waals surface area contributed by atoms with Gasteiger partial charge in [0.25, 0.3) is 0 Å². The summed E-state index contributed by atoms with van der Waals surface area (Å²) in [5.74, 6) is 0.253. The zero-order chi connectivity index (χ0) is 23.3. The van der Waals surface area contributed by atoms with Crippen molar-refractivity contribution in [1.29, 1.82) is 0 Å². The van der Waals surface area contributed by atoms with Crippen molar-refractivity contribution in [2.24, 2.45) is 4.99 Å². The number of hydrogen-bond donors (Lipinski definition) is 2. The minimum atomic E-state index is -0.821. The van der Waals surface area contributed by atoms with Gasteiger partial charge in [-0.15, -0.1) is 0 Å². The van der Waals surface area contributed by atoms with Gasteiger partial charge in [0.05, 0.1) is 11.5 Å². The molecule has 3 aliphatic heterocycles. The number of anilines is 1. The van der Waals surface area contributed by atoms with E-state index >= 15 is 0 Å². The van der Waals surface area contributed by atoms with Crippen molar-refractivity contribution in [3.63, 3.8) is 0 Å². The van der Waals surface area contributed by atoms with Crippen molar-refractivity contribution in [2.45, 2.75) is 57.1 Å². The third kappa shape index (κ3) is 5.15. The Morgan fingerprint density at radius 3 is 3.00 bits per heavy atom. The Labute approximate surface area is 200 Å². The molecule has 0 spiro atoms. The third-order valence-corrected chi connectivity index (χ3v) is 7.01. The van der Waals surface area contributed by atoms with Gasteiger partial charge in [-0.05, 0) is 55.4 Å². The van der Waals surface area contributed by atoms with Crippen LogP contribution in [0.5, 0.6) is 0 Å². The van der Waals surface area contributed by atoms with E-state index in [0.717, 1.165) is 85.9 Å². The number of carboxylic acids is 1. The molecule has 2 N–H and O–H groups in total. The number of fused-ring (bicyclic) bond motifs is 2. The number of carbonyl (C=O) groups is 1. The van der Waals surface area contributed by atoms with Crippen molar-refractivity contribution in [3.05, 3.63) is 57.7 Å². The molecule has 2 aromatic rings. The van der Waals surface area contributed by atoms with E-state index < -0.39 is 12.0 Å². The fourth-order valence-electron chi connectivity index (χ4n) is 5.16. The van der Waals surface area contributed by atoms with Gasteiger partial charge in [0.2, 0.25) is 0 Å². The Morgan fingerprint density at radius 2 is 2.12 bits per heavy atom. The quantitative estimate of drug-likeness (QED) is 0.528. The van der Waals surface area contributed by atoms with Crippen molar-refractivity contribution >= 4 is 17.9 Å². The van der Waals surface area contributed by atoms with E-state index in [4.69, 9.17) is 9.72 Å². The molecule has 1 unspecified atom stereocenters. The van der Waals surface area contributed by atoms with Crippen LogP contribution in [0, 0.1) is 0 Å². The van der Waals surface area contributed by atoms with Crippen molar-refractivity contribution in [2.75, 3.05) is 38.1 Å². The molecule has 7 heteroatoms. The maximum absolute atomic E-state index is 12.1. The molecule has 0 aliphatic carbocycles. The highest BCUT2D eigenvalue weighted by molar-refractivity contribution is 5.75. The number of nitrogens with zero attached hydrogens (tertiary/aromatic N) is 3. The Balaban J connectivity index is 1.04. The minimum Gasteiger partial charge on any atom is -0.480 e. The van der Waals surface area contributed by atoms with E-state index in [2.05, 4.69) is 28.5 Å². The summed E-state index contributed by atoms with van der Waals surface area (Å²) in [5, 5.41) is 15.2. The highest BCUT2D eigenvalue weighted by atomic mass is 16.5. The average molecular weight is 463 g/mol. The van der Waals surface area contributed by atoms with Gasteiger partial charge in [0.15, 0.2) is 0 Å². The first-order chi connectivity index (χ1) is 16.7. The molecular weight excluding hydrogens is 428 g/mol. The molecule has 1 aromatic carbocycles. The van der Waals surface area contributed by atoms with Crippen molar-refractivity contribution in [3.8, 4) is 0 Å². The summed E-state index contributed by atoms with van der Waals surface area (Å²) in [6.45, 7) is 3.77. The predicted octanol–water partition coefficient (Wildman–Crippen LogP) is 2.48. The molecule has 0 radical (unpaired) electrons. The van der Waals surface area contributed by atoms with Crippen LogP contribution < -0.4 is 15.9 Å². The van der Waals surface area contributed by atoms with Gasteiger partial charge in [-0.3, -0.25) is 14.7 Å². The fraction of sp³-hybridized carbons (Fsp3) is 0.519. The molecule has 5 rings (SSSR count). The number of hydrogen-bond acceptors (Lipinski definition) is 6. The molecule has 180 valence electrons. The minimum absolute atomic E-state index is 0.110. The Kier molecular flexibility index (Phi) is 7.21. The number of para-hydroxylation sites is 1. The van der Waals surface area contributed by atoms with E-state index in [1.165, 1.54) is 12.0 Å². The summed E-state index contributed by atoms with van der Waals surface area (Å²) in [6.07, 6.45) is 9.70. The van der Waals surface area contributed by atoms with Crippen LogP contribution in [0.4, 0.5) is 5.82 Å². The number of aliphatic carboxylic acids is 1. The Bertz CT molecular complexity index is 1140. The molecule has 0 amide bonds. The van der Waals surface area contributed by atoms with Gasteiger partial charge in [-0.2, -0.15) is 0 Å². The number of carboxylic acid groups (broad SMARTS) is 1. The number of likely N-dealkylation sites (tertiary alicyclic amines) is 1. The number of nitrogens with one attached hydrogen (secondary N) is 1. The SMILES string of the molecule is O=C(O)C(c1cccc2c1=NCCC=2)N1CC(OCCCCCc2ccc3c(n2)NCCC3)C1. The van der Waals surface area contributed by atoms with E-state index in [0.29, 0.717) is 13.1 Å². The number of ether oxygens (including phenoxy) is 1. The van der Waals surface area contributed by atoms with E-state index in [1.54, 1.807) is 0 Å². The Hall–Kier alpha value is -2.77. The van der Waals surface area contributed by atoms with Crippen LogP contribution >= 0.6 is 0 Å². The summed E-state index contributed by atoms with van der Waals surface area (Å²) >= 11 is 0. The van der Waals surface area contributed by atoms with E-state index in [9.17, 15) is 9.90 Å². The molecule has 0 saturated carbocycles. The molecule has 1 atom stereocenters. The number of aryl methyl sites for hydroxylation is 2. The number of aromatic nitrogens is 1. The normalized spacial score (nSPS) is 18.5. The second kappa shape index (κ2) is 10.7. The second-order valence-corrected chi connectivity index (χ2v) is 9.50. The standard InChI is InChI=1S/C27H34N4O3/c32-27(33)25(23-11-4-7-19-8-5-14-28-24(19)23)31-17-22(18-31)34-16-3-1-2-10-21-13-12-20-9-6-15-29-26(20)30-21/h4,7-8,11-13,22,25H,1-3,5-6,9-10,14-18H2,(H,29,30)(H,32,33). The highest BCUT2D eigenvalue weighted by Gasteiger charge is 2.38. The summed E-state index contributed by atoms with van der Waals surface area (Å²) in [5.41, 5.74) is 3.30. The smallest absolute Gasteiger partial charge is 0.325 e. The molecule has 1 fully saturated rings. The molecule has 1 aromatic heterocycles. The number of rotatable bonds is 10. The van der Waals surface area contributed by atoms with Crippen LogP contribution in [0.15, 0.2) is 35.3 Å². The molecule has 4 heterocycles. The largest absolute Gasteiger partial charge is 0.480 e. The maximum Gasteiger partial charge on any atom is 0.325 e. The monoisotopic (exact) mass is 462 g/mol. The Morgan fingerprint density at radius 1 is 1.21 bits per heavy atom. The molecule has 1 saturated heterocycles. The maximum atomic E-state index is 12.1. The lowest BCUT2D eigenvalue weighted by Crippen LogP contribution is -2.56. The lowest BCUT2D eigenvalue weighted by molar-refractivity contribution is -0.151. The lowest BCUT2D eigenvalue weighted by atomic mass is 9.98. The molecule has 3 aliphatic rings. The number of unbranched alkanes of at least 4 members (excludes halogenated alkanes) is 2. The first-order valence-electron chi connectivity index (χ1n) is 12.6. The average Bonchev–Trinajstić information content (AvgIpc) is 2.84. The molecule has 0 bridgehead atoms. The molecular formula is C27H34N4O3. The van der Waals surface area contributed by atoms with Gasteiger partial charge in [-0.25, -0.2) is 4.98 Å².